The second kappa shape index (κ2) is 5.94. The highest BCUT2D eigenvalue weighted by atomic mass is 16.5. The zero-order valence-corrected chi connectivity index (χ0v) is 9.51. The standard InChI is InChI=1S/C12H19N3O/c13-8-12-10-15(6-7-16-12)5-3-11-2-1-4-14-9-11/h1-2,4,9,12H,3,5-8,10,13H2. The molecular weight excluding hydrogens is 202 g/mol. The number of hydrogen-bond acceptors (Lipinski definition) is 4. The van der Waals surface area contributed by atoms with E-state index >= 15 is 0 Å². The number of ether oxygens (including phenoxy) is 1. The molecule has 88 valence electrons. The average Bonchev–Trinajstić information content (AvgIpc) is 2.38. The molecule has 1 saturated heterocycles. The molecular formula is C12H19N3O. The summed E-state index contributed by atoms with van der Waals surface area (Å²) in [7, 11) is 0. The lowest BCUT2D eigenvalue weighted by Gasteiger charge is -2.32. The third-order valence-electron chi connectivity index (χ3n) is 2.93. The quantitative estimate of drug-likeness (QED) is 0.793. The molecule has 2 rings (SSSR count). The van der Waals surface area contributed by atoms with Gasteiger partial charge in [-0.1, -0.05) is 6.07 Å². The molecule has 2 N–H and O–H groups in total. The molecule has 16 heavy (non-hydrogen) atoms. The summed E-state index contributed by atoms with van der Waals surface area (Å²) in [6.45, 7) is 4.44. The third-order valence-corrected chi connectivity index (χ3v) is 2.93. The molecule has 4 nitrogen and oxygen atoms in total. The lowest BCUT2D eigenvalue weighted by atomic mass is 10.2. The molecule has 0 amide bonds. The molecule has 1 aliphatic heterocycles. The van der Waals surface area contributed by atoms with Gasteiger partial charge in [-0.05, 0) is 18.1 Å². The van der Waals surface area contributed by atoms with Crippen LogP contribution in [-0.2, 0) is 11.2 Å². The van der Waals surface area contributed by atoms with Crippen molar-refractivity contribution < 1.29 is 4.74 Å². The van der Waals surface area contributed by atoms with Gasteiger partial charge in [-0.15, -0.1) is 0 Å². The third kappa shape index (κ3) is 3.27. The number of nitrogens with zero attached hydrogens (tertiary/aromatic N) is 2. The van der Waals surface area contributed by atoms with Crippen LogP contribution < -0.4 is 5.73 Å². The van der Waals surface area contributed by atoms with Gasteiger partial charge in [-0.3, -0.25) is 9.88 Å². The Balaban J connectivity index is 1.77. The van der Waals surface area contributed by atoms with E-state index in [4.69, 9.17) is 10.5 Å². The Morgan fingerprint density at radius 1 is 1.56 bits per heavy atom. The maximum Gasteiger partial charge on any atom is 0.0824 e. The number of hydrogen-bond donors (Lipinski definition) is 1. The minimum absolute atomic E-state index is 0.211. The molecule has 1 atom stereocenters. The summed E-state index contributed by atoms with van der Waals surface area (Å²) in [6.07, 6.45) is 5.00. The lowest BCUT2D eigenvalue weighted by molar-refractivity contribution is -0.0226. The van der Waals surface area contributed by atoms with Crippen molar-refractivity contribution in [2.75, 3.05) is 32.8 Å². The van der Waals surface area contributed by atoms with Crippen molar-refractivity contribution in [1.82, 2.24) is 9.88 Å². The molecule has 4 heteroatoms. The first kappa shape index (κ1) is 11.5. The van der Waals surface area contributed by atoms with Gasteiger partial charge < -0.3 is 10.5 Å². The van der Waals surface area contributed by atoms with Crippen molar-refractivity contribution in [2.24, 2.45) is 5.73 Å². The predicted molar refractivity (Wildman–Crippen MR) is 63.2 cm³/mol. The second-order valence-electron chi connectivity index (χ2n) is 4.14. The van der Waals surface area contributed by atoms with Gasteiger partial charge in [0.1, 0.15) is 0 Å². The van der Waals surface area contributed by atoms with Crippen LogP contribution in [0.2, 0.25) is 0 Å². The number of nitrogens with two attached hydrogens (primary N) is 1. The van der Waals surface area contributed by atoms with Gasteiger partial charge in [-0.25, -0.2) is 0 Å². The SMILES string of the molecule is NCC1CN(CCc2cccnc2)CCO1. The molecule has 0 aromatic carbocycles. The summed E-state index contributed by atoms with van der Waals surface area (Å²) in [5.74, 6) is 0. The Bertz CT molecular complexity index is 304. The normalized spacial score (nSPS) is 22.2. The first-order chi connectivity index (χ1) is 7.88. The van der Waals surface area contributed by atoms with Crippen LogP contribution in [0.1, 0.15) is 5.56 Å². The van der Waals surface area contributed by atoms with Crippen molar-refractivity contribution >= 4 is 0 Å². The molecule has 1 aromatic heterocycles. The molecule has 0 bridgehead atoms. The average molecular weight is 221 g/mol. The van der Waals surface area contributed by atoms with Crippen molar-refractivity contribution in [3.05, 3.63) is 30.1 Å². The maximum absolute atomic E-state index is 5.61. The summed E-state index contributed by atoms with van der Waals surface area (Å²) >= 11 is 0. The molecule has 1 aliphatic rings. The van der Waals surface area contributed by atoms with Crippen LogP contribution in [0.5, 0.6) is 0 Å². The van der Waals surface area contributed by atoms with E-state index in [2.05, 4.69) is 16.0 Å². The summed E-state index contributed by atoms with van der Waals surface area (Å²) < 4.78 is 5.53. The van der Waals surface area contributed by atoms with E-state index in [1.54, 1.807) is 0 Å². The fourth-order valence-corrected chi connectivity index (χ4v) is 1.96. The Kier molecular flexibility index (Phi) is 4.27. The second-order valence-corrected chi connectivity index (χ2v) is 4.14. The van der Waals surface area contributed by atoms with Crippen LogP contribution in [0, 0.1) is 0 Å². The van der Waals surface area contributed by atoms with Gasteiger partial charge in [0.2, 0.25) is 0 Å². The number of morpholine rings is 1. The molecule has 0 spiro atoms. The monoisotopic (exact) mass is 221 g/mol. The topological polar surface area (TPSA) is 51.4 Å². The maximum atomic E-state index is 5.61. The number of rotatable bonds is 4. The Hall–Kier alpha value is -0.970. The van der Waals surface area contributed by atoms with E-state index in [1.165, 1.54) is 5.56 Å². The largest absolute Gasteiger partial charge is 0.374 e. The Labute approximate surface area is 96.4 Å². The Morgan fingerprint density at radius 3 is 3.25 bits per heavy atom. The fourth-order valence-electron chi connectivity index (χ4n) is 1.96. The van der Waals surface area contributed by atoms with Gasteiger partial charge in [-0.2, -0.15) is 0 Å². The van der Waals surface area contributed by atoms with Gasteiger partial charge in [0, 0.05) is 38.6 Å². The summed E-state index contributed by atoms with van der Waals surface area (Å²) in [5, 5.41) is 0. The smallest absolute Gasteiger partial charge is 0.0824 e. The van der Waals surface area contributed by atoms with E-state index in [1.807, 2.05) is 18.5 Å². The van der Waals surface area contributed by atoms with Gasteiger partial charge >= 0.3 is 0 Å². The summed E-state index contributed by atoms with van der Waals surface area (Å²) in [5.41, 5.74) is 6.90. The zero-order chi connectivity index (χ0) is 11.2. The van der Waals surface area contributed by atoms with Gasteiger partial charge in [0.25, 0.3) is 0 Å². The van der Waals surface area contributed by atoms with E-state index in [0.717, 1.165) is 32.7 Å². The van der Waals surface area contributed by atoms with Gasteiger partial charge in [0.15, 0.2) is 0 Å². The Morgan fingerprint density at radius 2 is 2.50 bits per heavy atom. The van der Waals surface area contributed by atoms with Crippen LogP contribution in [0.4, 0.5) is 0 Å². The van der Waals surface area contributed by atoms with E-state index in [0.29, 0.717) is 6.54 Å². The van der Waals surface area contributed by atoms with Crippen LogP contribution in [0.3, 0.4) is 0 Å². The predicted octanol–water partition coefficient (Wildman–Crippen LogP) is 0.284. The van der Waals surface area contributed by atoms with Gasteiger partial charge in [0.05, 0.1) is 12.7 Å². The summed E-state index contributed by atoms with van der Waals surface area (Å²) in [6, 6.07) is 4.10. The molecule has 1 aromatic rings. The molecule has 1 fully saturated rings. The van der Waals surface area contributed by atoms with E-state index in [9.17, 15) is 0 Å². The fraction of sp³-hybridized carbons (Fsp3) is 0.583. The highest BCUT2D eigenvalue weighted by molar-refractivity contribution is 5.08. The number of aromatic nitrogens is 1. The van der Waals surface area contributed by atoms with E-state index in [-0.39, 0.29) is 6.10 Å². The van der Waals surface area contributed by atoms with Crippen LogP contribution >= 0.6 is 0 Å². The number of pyridine rings is 1. The first-order valence-corrected chi connectivity index (χ1v) is 5.81. The highest BCUT2D eigenvalue weighted by Gasteiger charge is 2.18. The molecule has 0 aliphatic carbocycles. The first-order valence-electron chi connectivity index (χ1n) is 5.81. The molecule has 1 unspecified atom stereocenters. The van der Waals surface area contributed by atoms with Crippen molar-refractivity contribution in [3.8, 4) is 0 Å². The van der Waals surface area contributed by atoms with Crippen molar-refractivity contribution in [2.45, 2.75) is 12.5 Å². The summed E-state index contributed by atoms with van der Waals surface area (Å²) in [4.78, 5) is 6.53. The molecule has 0 saturated carbocycles. The zero-order valence-electron chi connectivity index (χ0n) is 9.51. The van der Waals surface area contributed by atoms with Crippen LogP contribution in [0.15, 0.2) is 24.5 Å². The van der Waals surface area contributed by atoms with Crippen molar-refractivity contribution in [3.63, 3.8) is 0 Å². The minimum Gasteiger partial charge on any atom is -0.374 e. The molecule has 2 heterocycles. The van der Waals surface area contributed by atoms with Crippen LogP contribution in [-0.4, -0.2) is 48.8 Å². The van der Waals surface area contributed by atoms with Crippen LogP contribution in [0.25, 0.3) is 0 Å². The highest BCUT2D eigenvalue weighted by Crippen LogP contribution is 2.06. The molecule has 0 radical (unpaired) electrons. The van der Waals surface area contributed by atoms with E-state index < -0.39 is 0 Å². The minimum atomic E-state index is 0.211. The van der Waals surface area contributed by atoms with Crippen molar-refractivity contribution in [1.29, 1.82) is 0 Å². The lowest BCUT2D eigenvalue weighted by Crippen LogP contribution is -2.46.